The molecule has 0 spiro atoms. The number of anilines is 2. The van der Waals surface area contributed by atoms with Crippen LogP contribution < -0.4 is 10.2 Å². The lowest BCUT2D eigenvalue weighted by Crippen LogP contribution is -2.21. The van der Waals surface area contributed by atoms with Gasteiger partial charge in [0.05, 0.1) is 10.7 Å². The average molecular weight is 315 g/mol. The van der Waals surface area contributed by atoms with Crippen LogP contribution in [0.4, 0.5) is 11.4 Å². The monoisotopic (exact) mass is 315 g/mol. The maximum absolute atomic E-state index is 11.9. The number of carbonyl (C=O) groups excluding carboxylic acids is 1. The molecule has 0 saturated heterocycles. The molecule has 0 bridgehead atoms. The number of thiazole rings is 1. The molecule has 4 nitrogen and oxygen atoms in total. The predicted molar refractivity (Wildman–Crippen MR) is 94.5 cm³/mol. The maximum atomic E-state index is 11.9. The number of amides is 1. The smallest absolute Gasteiger partial charge is 0.248 e. The molecule has 2 rings (SSSR count). The Morgan fingerprint density at radius 2 is 1.95 bits per heavy atom. The Kier molecular flexibility index (Phi) is 5.72. The normalized spacial score (nSPS) is 10.9. The zero-order valence-corrected chi connectivity index (χ0v) is 14.0. The average Bonchev–Trinajstić information content (AvgIpc) is 2.94. The molecule has 0 fully saturated rings. The van der Waals surface area contributed by atoms with Crippen molar-refractivity contribution < 1.29 is 4.79 Å². The van der Waals surface area contributed by atoms with E-state index in [1.54, 1.807) is 17.4 Å². The third-order valence-electron chi connectivity index (χ3n) is 3.31. The number of rotatable bonds is 6. The SMILES string of the molecule is CCN(CC)c1ccc(NC(=O)/C=C/c2csc(C)n2)cc1. The zero-order chi connectivity index (χ0) is 15.9. The molecule has 1 N–H and O–H groups in total. The van der Waals surface area contributed by atoms with E-state index >= 15 is 0 Å². The van der Waals surface area contributed by atoms with Gasteiger partial charge in [0.25, 0.3) is 0 Å². The molecule has 1 aromatic heterocycles. The van der Waals surface area contributed by atoms with Gasteiger partial charge in [0, 0.05) is 35.9 Å². The number of nitrogens with one attached hydrogen (secondary N) is 1. The molecule has 0 unspecified atom stereocenters. The first kappa shape index (κ1) is 16.2. The summed E-state index contributed by atoms with van der Waals surface area (Å²) >= 11 is 1.57. The minimum Gasteiger partial charge on any atom is -0.372 e. The standard InChI is InChI=1S/C17H21N3OS/c1-4-20(5-2)16-9-6-14(7-10-16)19-17(21)11-8-15-12-22-13(3)18-15/h6-12H,4-5H2,1-3H3,(H,19,21)/b11-8+. The van der Waals surface area contributed by atoms with Crippen LogP contribution in [0.2, 0.25) is 0 Å². The summed E-state index contributed by atoms with van der Waals surface area (Å²) in [4.78, 5) is 18.4. The number of benzene rings is 1. The zero-order valence-electron chi connectivity index (χ0n) is 13.2. The van der Waals surface area contributed by atoms with Crippen molar-refractivity contribution in [1.82, 2.24) is 4.98 Å². The molecule has 116 valence electrons. The lowest BCUT2D eigenvalue weighted by atomic mass is 10.2. The lowest BCUT2D eigenvalue weighted by molar-refractivity contribution is -0.111. The van der Waals surface area contributed by atoms with Gasteiger partial charge in [0.15, 0.2) is 0 Å². The van der Waals surface area contributed by atoms with Gasteiger partial charge in [0.1, 0.15) is 0 Å². The van der Waals surface area contributed by atoms with Gasteiger partial charge in [-0.1, -0.05) is 0 Å². The third kappa shape index (κ3) is 4.43. The highest BCUT2D eigenvalue weighted by Crippen LogP contribution is 2.17. The number of nitrogens with zero attached hydrogens (tertiary/aromatic N) is 2. The third-order valence-corrected chi connectivity index (χ3v) is 4.10. The molecule has 1 aromatic carbocycles. The van der Waals surface area contributed by atoms with Crippen molar-refractivity contribution >= 4 is 34.7 Å². The van der Waals surface area contributed by atoms with Crippen molar-refractivity contribution in [1.29, 1.82) is 0 Å². The van der Waals surface area contributed by atoms with Crippen molar-refractivity contribution in [2.45, 2.75) is 20.8 Å². The van der Waals surface area contributed by atoms with E-state index in [0.29, 0.717) is 0 Å². The molecule has 0 aliphatic rings. The minimum absolute atomic E-state index is 0.152. The summed E-state index contributed by atoms with van der Waals surface area (Å²) in [5.41, 5.74) is 2.77. The van der Waals surface area contributed by atoms with Crippen LogP contribution in [0, 0.1) is 6.92 Å². The van der Waals surface area contributed by atoms with E-state index in [9.17, 15) is 4.79 Å². The fraction of sp³-hybridized carbons (Fsp3) is 0.294. The molecule has 1 heterocycles. The van der Waals surface area contributed by atoms with Crippen LogP contribution in [0.3, 0.4) is 0 Å². The van der Waals surface area contributed by atoms with E-state index in [1.165, 1.54) is 6.08 Å². The number of aromatic nitrogens is 1. The van der Waals surface area contributed by atoms with E-state index in [-0.39, 0.29) is 5.91 Å². The number of carbonyl (C=O) groups is 1. The topological polar surface area (TPSA) is 45.2 Å². The fourth-order valence-electron chi connectivity index (χ4n) is 2.15. The Morgan fingerprint density at radius 3 is 2.50 bits per heavy atom. The summed E-state index contributed by atoms with van der Waals surface area (Å²) in [6.45, 7) is 8.14. The second-order valence-corrected chi connectivity index (χ2v) is 5.90. The van der Waals surface area contributed by atoms with E-state index in [4.69, 9.17) is 0 Å². The highest BCUT2D eigenvalue weighted by Gasteiger charge is 2.03. The van der Waals surface area contributed by atoms with Crippen LogP contribution >= 0.6 is 11.3 Å². The second-order valence-electron chi connectivity index (χ2n) is 4.83. The fourth-order valence-corrected chi connectivity index (χ4v) is 2.73. The van der Waals surface area contributed by atoms with Crippen molar-refractivity contribution in [3.63, 3.8) is 0 Å². The van der Waals surface area contributed by atoms with Crippen LogP contribution in [0.1, 0.15) is 24.5 Å². The van der Waals surface area contributed by atoms with Gasteiger partial charge in [-0.15, -0.1) is 11.3 Å². The van der Waals surface area contributed by atoms with Gasteiger partial charge in [-0.25, -0.2) is 4.98 Å². The van der Waals surface area contributed by atoms with E-state index in [0.717, 1.165) is 35.2 Å². The Balaban J connectivity index is 1.95. The molecule has 0 radical (unpaired) electrons. The van der Waals surface area contributed by atoms with Gasteiger partial charge >= 0.3 is 0 Å². The molecule has 0 saturated carbocycles. The van der Waals surface area contributed by atoms with Gasteiger partial charge in [-0.3, -0.25) is 4.79 Å². The van der Waals surface area contributed by atoms with Gasteiger partial charge in [-0.2, -0.15) is 0 Å². The first-order valence-electron chi connectivity index (χ1n) is 7.38. The number of hydrogen-bond donors (Lipinski definition) is 1. The highest BCUT2D eigenvalue weighted by atomic mass is 32.1. The molecule has 1 amide bonds. The first-order chi connectivity index (χ1) is 10.6. The van der Waals surface area contributed by atoms with Crippen LogP contribution in [0.15, 0.2) is 35.7 Å². The Labute approximate surface area is 135 Å². The van der Waals surface area contributed by atoms with E-state index < -0.39 is 0 Å². The molecule has 2 aromatic rings. The summed E-state index contributed by atoms with van der Waals surface area (Å²) in [5.74, 6) is -0.152. The molecular formula is C17H21N3OS. The first-order valence-corrected chi connectivity index (χ1v) is 8.26. The van der Waals surface area contributed by atoms with Crippen LogP contribution in [0.5, 0.6) is 0 Å². The van der Waals surface area contributed by atoms with E-state index in [2.05, 4.69) is 29.0 Å². The lowest BCUT2D eigenvalue weighted by Gasteiger charge is -2.21. The Bertz CT molecular complexity index is 642. The van der Waals surface area contributed by atoms with Crippen molar-refractivity contribution in [2.75, 3.05) is 23.3 Å². The van der Waals surface area contributed by atoms with Crippen molar-refractivity contribution in [3.05, 3.63) is 46.4 Å². The number of hydrogen-bond acceptors (Lipinski definition) is 4. The molecular weight excluding hydrogens is 294 g/mol. The molecule has 0 aliphatic carbocycles. The largest absolute Gasteiger partial charge is 0.372 e. The highest BCUT2D eigenvalue weighted by molar-refractivity contribution is 7.09. The quantitative estimate of drug-likeness (QED) is 0.821. The van der Waals surface area contributed by atoms with Gasteiger partial charge in [-0.05, 0) is 51.1 Å². The second kappa shape index (κ2) is 7.75. The summed E-state index contributed by atoms with van der Waals surface area (Å²) in [6, 6.07) is 7.89. The summed E-state index contributed by atoms with van der Waals surface area (Å²) in [7, 11) is 0. The maximum Gasteiger partial charge on any atom is 0.248 e. The molecule has 0 aliphatic heterocycles. The predicted octanol–water partition coefficient (Wildman–Crippen LogP) is 3.95. The molecule has 22 heavy (non-hydrogen) atoms. The van der Waals surface area contributed by atoms with Gasteiger partial charge in [0.2, 0.25) is 5.91 Å². The Hall–Kier alpha value is -2.14. The minimum atomic E-state index is -0.152. The molecule has 5 heteroatoms. The van der Waals surface area contributed by atoms with Crippen molar-refractivity contribution in [3.8, 4) is 0 Å². The van der Waals surface area contributed by atoms with Crippen molar-refractivity contribution in [2.24, 2.45) is 0 Å². The van der Waals surface area contributed by atoms with Crippen LogP contribution in [-0.4, -0.2) is 24.0 Å². The molecule has 0 atom stereocenters. The Morgan fingerprint density at radius 1 is 1.27 bits per heavy atom. The number of aryl methyl sites for hydroxylation is 1. The van der Waals surface area contributed by atoms with Crippen LogP contribution in [-0.2, 0) is 4.79 Å². The van der Waals surface area contributed by atoms with E-state index in [1.807, 2.05) is 36.6 Å². The summed E-state index contributed by atoms with van der Waals surface area (Å²) in [6.07, 6.45) is 3.23. The van der Waals surface area contributed by atoms with Crippen LogP contribution in [0.25, 0.3) is 6.08 Å². The summed E-state index contributed by atoms with van der Waals surface area (Å²) in [5, 5.41) is 5.77. The summed E-state index contributed by atoms with van der Waals surface area (Å²) < 4.78 is 0. The van der Waals surface area contributed by atoms with Gasteiger partial charge < -0.3 is 10.2 Å².